The minimum absolute atomic E-state index is 0.00640. The van der Waals surface area contributed by atoms with E-state index in [1.807, 2.05) is 59.0 Å². The molecule has 2 unspecified atom stereocenters. The molecule has 3 aromatic carbocycles. The van der Waals surface area contributed by atoms with Crippen LogP contribution in [-0.4, -0.2) is 189 Å². The van der Waals surface area contributed by atoms with E-state index < -0.39 is 114 Å². The van der Waals surface area contributed by atoms with Crippen molar-refractivity contribution in [2.75, 3.05) is 41.8 Å². The number of hydrogen-bond donors (Lipinski definition) is 11. The molecule has 6 aromatic rings. The summed E-state index contributed by atoms with van der Waals surface area (Å²) in [5.41, 5.74) is 10.2. The van der Waals surface area contributed by atoms with Crippen LogP contribution in [0.25, 0.3) is 21.3 Å². The standard InChI is InChI=1S/C76H93N11O19S/c1-41(2)60(83-58(90)22-17-48(88)18-23-59(91)92)68(98)79-42(3)66(96)80-47-16-14-46(45(30-47)15-20-54-62(93)63(94)64(95)65(106-54)70(101)102)33-104-72(103)85(27-25-56(77)89)28-29-105-76-37-73(5)34-74(6,38-76)36-75(35-73,39-76)40-87-43(4)51(31-78-87)49-19-21-57(82-61(49)69(99)100)86-26-24-44-10-9-11-50(52(44)32-86)67(97)84-71-81-53-12-7-8-13-55(53)107-71/h7-14,16,19,21,30-31,41-42,54,60,62-65,93-95H,15,17-18,20,22-29,32-40H2,1-6H3,(H2,77,89)(H,79,98)(H,80,96)(H,83,90)(H,91,92)(H,99,100)(H,101,102)(H,81,84,97)/t42-,54-,60-,62-,63+,64-,65-,73?,74?,75?,76?/m0/s1. The summed E-state index contributed by atoms with van der Waals surface area (Å²) in [5.74, 6) is -7.39. The number of thiazole rings is 1. The maximum Gasteiger partial charge on any atom is 0.410 e. The van der Waals surface area contributed by atoms with Crippen LogP contribution in [0.2, 0.25) is 0 Å². The number of fused-ring (bicyclic) bond motifs is 2. The third kappa shape index (κ3) is 18.3. The fourth-order valence-corrected chi connectivity index (χ4v) is 18.2. The summed E-state index contributed by atoms with van der Waals surface area (Å²) in [7, 11) is 0. The van der Waals surface area contributed by atoms with E-state index in [0.29, 0.717) is 71.2 Å². The van der Waals surface area contributed by atoms with E-state index in [1.54, 1.807) is 38.2 Å². The highest BCUT2D eigenvalue weighted by Crippen LogP contribution is 2.72. The molecular weight excluding hydrogens is 1400 g/mol. The van der Waals surface area contributed by atoms with Gasteiger partial charge in [0.15, 0.2) is 16.9 Å². The number of carbonyl (C=O) groups excluding carboxylic acids is 7. The molecule has 5 heterocycles. The van der Waals surface area contributed by atoms with E-state index in [9.17, 15) is 73.5 Å². The Morgan fingerprint density at radius 1 is 0.766 bits per heavy atom. The number of nitrogens with two attached hydrogens (primary N) is 1. The Morgan fingerprint density at radius 3 is 2.21 bits per heavy atom. The van der Waals surface area contributed by atoms with Crippen LogP contribution in [0.15, 0.2) is 79.0 Å². The lowest BCUT2D eigenvalue weighted by atomic mass is 9.39. The fourth-order valence-electron chi connectivity index (χ4n) is 17.4. The second-order valence-corrected chi connectivity index (χ2v) is 31.6. The molecule has 9 atom stereocenters. The average Bonchev–Trinajstić information content (AvgIpc) is 0.854. The quantitative estimate of drug-likeness (QED) is 0.0209. The van der Waals surface area contributed by atoms with Crippen LogP contribution >= 0.6 is 11.3 Å². The monoisotopic (exact) mass is 1500 g/mol. The van der Waals surface area contributed by atoms with Crippen LogP contribution in [-0.2, 0) is 80.3 Å². The van der Waals surface area contributed by atoms with Gasteiger partial charge in [-0.2, -0.15) is 5.10 Å². The van der Waals surface area contributed by atoms with Crippen molar-refractivity contribution in [3.8, 4) is 11.1 Å². The van der Waals surface area contributed by atoms with Gasteiger partial charge in [-0.05, 0) is 159 Å². The van der Waals surface area contributed by atoms with Gasteiger partial charge in [-0.1, -0.05) is 69.4 Å². The van der Waals surface area contributed by atoms with Gasteiger partial charge >= 0.3 is 24.0 Å². The molecule has 4 bridgehead atoms. The first kappa shape index (κ1) is 78.3. The van der Waals surface area contributed by atoms with Gasteiger partial charge in [0.05, 0.1) is 41.1 Å². The van der Waals surface area contributed by atoms with E-state index in [2.05, 4.69) is 40.1 Å². The number of aliphatic hydroxyl groups is 3. The molecule has 4 aliphatic carbocycles. The number of carbonyl (C=O) groups is 10. The van der Waals surface area contributed by atoms with Crippen LogP contribution in [0, 0.1) is 29.1 Å². The molecule has 572 valence electrons. The van der Waals surface area contributed by atoms with Crippen molar-refractivity contribution in [3.63, 3.8) is 0 Å². The number of aliphatic carboxylic acids is 2. The molecule has 30 nitrogen and oxygen atoms in total. The summed E-state index contributed by atoms with van der Waals surface area (Å²) in [6.45, 7) is 12.2. The summed E-state index contributed by atoms with van der Waals surface area (Å²) >= 11 is 1.39. The zero-order valence-electron chi connectivity index (χ0n) is 60.6. The number of hydrogen-bond acceptors (Lipinski definition) is 21. The molecule has 107 heavy (non-hydrogen) atoms. The Hall–Kier alpha value is -9.79. The smallest absolute Gasteiger partial charge is 0.410 e. The normalized spacial score (nSPS) is 24.1. The highest BCUT2D eigenvalue weighted by Gasteiger charge is 2.66. The Kier molecular flexibility index (Phi) is 23.7. The lowest BCUT2D eigenvalue weighted by Gasteiger charge is -2.69. The number of anilines is 3. The van der Waals surface area contributed by atoms with Crippen molar-refractivity contribution >= 4 is 97.5 Å². The number of para-hydroxylation sites is 1. The second kappa shape index (κ2) is 32.3. The van der Waals surface area contributed by atoms with Crippen molar-refractivity contribution in [3.05, 3.63) is 118 Å². The number of aryl methyl sites for hydroxylation is 1. The van der Waals surface area contributed by atoms with Gasteiger partial charge in [0.1, 0.15) is 48.6 Å². The number of amides is 6. The molecule has 6 aliphatic rings. The number of ketones is 1. The summed E-state index contributed by atoms with van der Waals surface area (Å²) in [5, 5.41) is 77.8. The maximum atomic E-state index is 14.3. The fraction of sp³-hybridized carbons (Fsp3) is 0.513. The Labute approximate surface area is 621 Å². The number of benzene rings is 3. The minimum atomic E-state index is -1.95. The molecule has 2 aliphatic heterocycles. The molecule has 6 amide bonds. The predicted octanol–water partition coefficient (Wildman–Crippen LogP) is 6.69. The lowest BCUT2D eigenvalue weighted by molar-refractivity contribution is -0.248. The molecule has 12 N–H and O–H groups in total. The summed E-state index contributed by atoms with van der Waals surface area (Å²) < 4.78 is 21.5. The highest BCUT2D eigenvalue weighted by atomic mass is 32.1. The van der Waals surface area contributed by atoms with Crippen molar-refractivity contribution in [1.82, 2.24) is 35.3 Å². The van der Waals surface area contributed by atoms with Crippen LogP contribution in [0.1, 0.15) is 160 Å². The molecular formula is C76H93N11O19S. The molecule has 12 rings (SSSR count). The number of nitrogens with zero attached hydrogens (tertiary/aromatic N) is 6. The van der Waals surface area contributed by atoms with Crippen LogP contribution < -0.4 is 31.9 Å². The number of primary amides is 1. The molecule has 4 saturated carbocycles. The maximum absolute atomic E-state index is 14.3. The van der Waals surface area contributed by atoms with Gasteiger partial charge in [0.2, 0.25) is 23.6 Å². The van der Waals surface area contributed by atoms with E-state index in [-0.39, 0.29) is 98.2 Å². The number of ether oxygens (including phenoxy) is 3. The molecule has 1 saturated heterocycles. The summed E-state index contributed by atoms with van der Waals surface area (Å²) in [6, 6.07) is 19.2. The molecule has 5 fully saturated rings. The van der Waals surface area contributed by atoms with E-state index in [1.165, 1.54) is 35.3 Å². The number of nitrogens with one attached hydrogen (secondary N) is 4. The summed E-state index contributed by atoms with van der Waals surface area (Å²) in [6.07, 6.45) is -3.93. The Morgan fingerprint density at radius 2 is 1.50 bits per heavy atom. The van der Waals surface area contributed by atoms with Gasteiger partial charge in [0, 0.05) is 86.5 Å². The number of aromatic carboxylic acids is 1. The molecule has 3 aromatic heterocycles. The van der Waals surface area contributed by atoms with Crippen molar-refractivity contribution in [1.29, 1.82) is 0 Å². The van der Waals surface area contributed by atoms with Crippen LogP contribution in [0.4, 0.5) is 21.4 Å². The molecule has 0 radical (unpaired) electrons. The van der Waals surface area contributed by atoms with Gasteiger partial charge in [0.25, 0.3) is 5.91 Å². The number of pyridine rings is 1. The third-order valence-corrected chi connectivity index (χ3v) is 22.3. The number of aromatic nitrogens is 4. The largest absolute Gasteiger partial charge is 0.481 e. The number of aliphatic hydroxyl groups excluding tert-OH is 3. The predicted molar refractivity (Wildman–Crippen MR) is 390 cm³/mol. The molecule has 0 spiro atoms. The Bertz CT molecular complexity index is 4370. The van der Waals surface area contributed by atoms with E-state index in [0.717, 1.165) is 59.1 Å². The first-order valence-corrected chi connectivity index (χ1v) is 36.8. The van der Waals surface area contributed by atoms with Crippen LogP contribution in [0.3, 0.4) is 0 Å². The first-order chi connectivity index (χ1) is 50.7. The van der Waals surface area contributed by atoms with Crippen molar-refractivity contribution in [2.24, 2.45) is 27.9 Å². The zero-order chi connectivity index (χ0) is 77.0. The number of rotatable bonds is 32. The first-order valence-electron chi connectivity index (χ1n) is 36.0. The van der Waals surface area contributed by atoms with E-state index >= 15 is 0 Å². The summed E-state index contributed by atoms with van der Waals surface area (Å²) in [4.78, 5) is 142. The number of carboxylic acid groups (broad SMARTS) is 3. The van der Waals surface area contributed by atoms with Gasteiger partial charge in [-0.25, -0.2) is 24.4 Å². The molecule has 31 heteroatoms. The average molecular weight is 1500 g/mol. The lowest BCUT2D eigenvalue weighted by Crippen LogP contribution is -2.64. The zero-order valence-corrected chi connectivity index (χ0v) is 61.4. The van der Waals surface area contributed by atoms with Crippen molar-refractivity contribution in [2.45, 2.75) is 199 Å². The van der Waals surface area contributed by atoms with Crippen molar-refractivity contribution < 1.29 is 92.8 Å². The SMILES string of the molecule is Cc1c(-c2ccc(N3CCc4cccc(C(=O)Nc5nc6ccccc6s5)c4C3)nc2C(=O)O)cnn1CC12CC3(C)CC(C)(C1)CC(OCCN(CCC(N)=O)C(=O)OCc1ccc(NC(=O)[C@H](C)NC(=O)[C@@H](NC(=O)CCC(=O)CCC(=O)O)C(C)C)cc1CC[C@@H]1O[C@H](C(=O)O)[C@@H](O)[C@H](O)[C@H]1O)(C3)C2. The number of carboxylic acids is 3. The van der Waals surface area contributed by atoms with Crippen LogP contribution in [0.5, 0.6) is 0 Å². The van der Waals surface area contributed by atoms with Gasteiger partial charge in [-0.15, -0.1) is 0 Å². The minimum Gasteiger partial charge on any atom is -0.481 e. The third-order valence-electron chi connectivity index (χ3n) is 21.4. The topological polar surface area (TPSA) is 444 Å². The number of Topliss-reactive ketones (excluding diaryl/α,β-unsaturated/α-hetero) is 1. The van der Waals surface area contributed by atoms with Gasteiger partial charge < -0.3 is 76.3 Å². The van der Waals surface area contributed by atoms with Gasteiger partial charge in [-0.3, -0.25) is 43.6 Å². The second-order valence-electron chi connectivity index (χ2n) is 30.6. The Balaban J connectivity index is 0.751. The van der Waals surface area contributed by atoms with E-state index in [4.69, 9.17) is 35.1 Å². The highest BCUT2D eigenvalue weighted by molar-refractivity contribution is 7.22.